The number of aromatic nitrogens is 1. The molecule has 2 heterocycles. The van der Waals surface area contributed by atoms with Gasteiger partial charge in [-0.1, -0.05) is 53.8 Å². The fraction of sp³-hybridized carbons (Fsp3) is 0.231. The highest BCUT2D eigenvalue weighted by atomic mass is 32.2. The van der Waals surface area contributed by atoms with Crippen LogP contribution in [0.1, 0.15) is 18.4 Å². The topological polar surface area (TPSA) is 70.6 Å². The van der Waals surface area contributed by atoms with Gasteiger partial charge in [-0.2, -0.15) is 4.31 Å². The van der Waals surface area contributed by atoms with Crippen LogP contribution in [0.4, 0.5) is 13.9 Å². The van der Waals surface area contributed by atoms with Gasteiger partial charge in [0, 0.05) is 19.0 Å². The molecule has 0 unspecified atom stereocenters. The van der Waals surface area contributed by atoms with Crippen LogP contribution >= 0.6 is 11.3 Å². The molecule has 1 aromatic heterocycles. The number of carbonyl (C=O) groups is 1. The molecule has 0 bridgehead atoms. The zero-order valence-corrected chi connectivity index (χ0v) is 20.8. The molecule has 186 valence electrons. The second-order valence-corrected chi connectivity index (χ2v) is 11.5. The average molecular weight is 528 g/mol. The summed E-state index contributed by atoms with van der Waals surface area (Å²) in [5, 5.41) is 0.585. The summed E-state index contributed by atoms with van der Waals surface area (Å²) in [6.45, 7) is 0.411. The minimum Gasteiger partial charge on any atom is -0.283 e. The lowest BCUT2D eigenvalue weighted by Gasteiger charge is -2.33. The molecule has 6 nitrogen and oxygen atoms in total. The summed E-state index contributed by atoms with van der Waals surface area (Å²) in [7, 11) is -4.22. The van der Waals surface area contributed by atoms with Gasteiger partial charge in [0.25, 0.3) is 0 Å². The number of thiazole rings is 1. The van der Waals surface area contributed by atoms with Gasteiger partial charge in [-0.15, -0.1) is 0 Å². The van der Waals surface area contributed by atoms with Crippen molar-refractivity contribution in [3.05, 3.63) is 90.0 Å². The van der Waals surface area contributed by atoms with E-state index in [1.807, 2.05) is 54.6 Å². The van der Waals surface area contributed by atoms with E-state index in [2.05, 4.69) is 4.98 Å². The second-order valence-electron chi connectivity index (χ2n) is 8.63. The Bertz CT molecular complexity index is 1470. The normalized spacial score (nSPS) is 15.3. The molecule has 36 heavy (non-hydrogen) atoms. The number of rotatable bonds is 6. The summed E-state index contributed by atoms with van der Waals surface area (Å²) in [5.74, 6) is -2.39. The molecule has 1 aliphatic heterocycles. The molecule has 0 atom stereocenters. The molecule has 1 saturated heterocycles. The lowest BCUT2D eigenvalue weighted by Crippen LogP contribution is -2.44. The molecule has 1 fully saturated rings. The van der Waals surface area contributed by atoms with E-state index in [9.17, 15) is 22.0 Å². The third kappa shape index (κ3) is 4.88. The predicted molar refractivity (Wildman–Crippen MR) is 135 cm³/mol. The Morgan fingerprint density at radius 2 is 1.69 bits per heavy atom. The number of anilines is 1. The van der Waals surface area contributed by atoms with Crippen molar-refractivity contribution in [3.8, 4) is 0 Å². The first-order chi connectivity index (χ1) is 17.3. The zero-order chi connectivity index (χ0) is 25.3. The first-order valence-corrected chi connectivity index (χ1v) is 13.7. The number of carbonyl (C=O) groups excluding carboxylic acids is 1. The highest BCUT2D eigenvalue weighted by molar-refractivity contribution is 7.89. The maximum absolute atomic E-state index is 14.2. The van der Waals surface area contributed by atoms with Crippen LogP contribution in [-0.4, -0.2) is 36.7 Å². The van der Waals surface area contributed by atoms with Gasteiger partial charge in [0.1, 0.15) is 16.5 Å². The van der Waals surface area contributed by atoms with E-state index in [1.165, 1.54) is 11.3 Å². The summed E-state index contributed by atoms with van der Waals surface area (Å²) < 4.78 is 55.8. The van der Waals surface area contributed by atoms with Gasteiger partial charge in [0.15, 0.2) is 5.13 Å². The van der Waals surface area contributed by atoms with Crippen molar-refractivity contribution >= 4 is 42.6 Å². The molecule has 1 aliphatic rings. The predicted octanol–water partition coefficient (Wildman–Crippen LogP) is 5.21. The first-order valence-electron chi connectivity index (χ1n) is 11.5. The van der Waals surface area contributed by atoms with E-state index in [4.69, 9.17) is 0 Å². The average Bonchev–Trinajstić information content (AvgIpc) is 3.33. The van der Waals surface area contributed by atoms with Crippen molar-refractivity contribution in [3.63, 3.8) is 0 Å². The highest BCUT2D eigenvalue weighted by Gasteiger charge is 2.36. The molecule has 10 heteroatoms. The fourth-order valence-corrected chi connectivity index (χ4v) is 6.87. The van der Waals surface area contributed by atoms with E-state index in [-0.39, 0.29) is 31.8 Å². The van der Waals surface area contributed by atoms with E-state index < -0.39 is 32.5 Å². The molecular weight excluding hydrogens is 504 g/mol. The van der Waals surface area contributed by atoms with E-state index in [0.717, 1.165) is 32.2 Å². The summed E-state index contributed by atoms with van der Waals surface area (Å²) in [6.07, 6.45) is 0.538. The van der Waals surface area contributed by atoms with Crippen LogP contribution in [0.2, 0.25) is 0 Å². The monoisotopic (exact) mass is 527 g/mol. The quantitative estimate of drug-likeness (QED) is 0.345. The van der Waals surface area contributed by atoms with Crippen molar-refractivity contribution in [1.29, 1.82) is 0 Å². The summed E-state index contributed by atoms with van der Waals surface area (Å²) in [5.41, 5.74) is 1.76. The summed E-state index contributed by atoms with van der Waals surface area (Å²) in [4.78, 5) is 19.4. The third-order valence-electron chi connectivity index (χ3n) is 6.28. The van der Waals surface area contributed by atoms with Crippen LogP contribution in [0, 0.1) is 17.6 Å². The standard InChI is InChI=1S/C26H23F2N3O3S2/c27-20-10-11-21(28)24(16-20)36(33,34)30-14-12-19(13-15-30)25(32)31(17-18-6-2-1-3-7-18)26-29-22-8-4-5-9-23(22)35-26/h1-11,16,19H,12-15,17H2. The van der Waals surface area contributed by atoms with Crippen LogP contribution in [0.5, 0.6) is 0 Å². The minimum absolute atomic E-state index is 0.0354. The van der Waals surface area contributed by atoms with Gasteiger partial charge >= 0.3 is 0 Å². The summed E-state index contributed by atoms with van der Waals surface area (Å²) >= 11 is 1.43. The number of sulfonamides is 1. The first kappa shape index (κ1) is 24.5. The largest absolute Gasteiger partial charge is 0.283 e. The lowest BCUT2D eigenvalue weighted by atomic mass is 9.96. The van der Waals surface area contributed by atoms with E-state index in [1.54, 1.807) is 4.90 Å². The Morgan fingerprint density at radius 1 is 1.00 bits per heavy atom. The van der Waals surface area contributed by atoms with Gasteiger partial charge in [0.2, 0.25) is 15.9 Å². The lowest BCUT2D eigenvalue weighted by molar-refractivity contribution is -0.123. The molecule has 0 aliphatic carbocycles. The molecule has 4 aromatic rings. The minimum atomic E-state index is -4.22. The number of amides is 1. The van der Waals surface area contributed by atoms with Crippen LogP contribution in [0.15, 0.2) is 77.7 Å². The molecule has 3 aromatic carbocycles. The number of hydrogen-bond donors (Lipinski definition) is 0. The van der Waals surface area contributed by atoms with Crippen molar-refractivity contribution in [2.24, 2.45) is 5.92 Å². The maximum Gasteiger partial charge on any atom is 0.246 e. The van der Waals surface area contributed by atoms with E-state index in [0.29, 0.717) is 17.7 Å². The smallest absolute Gasteiger partial charge is 0.246 e. The summed E-state index contributed by atoms with van der Waals surface area (Å²) in [6, 6.07) is 19.6. The molecule has 0 spiro atoms. The van der Waals surface area contributed by atoms with Crippen LogP contribution in [0.25, 0.3) is 10.2 Å². The number of piperidine rings is 1. The Labute approximate surface area is 211 Å². The van der Waals surface area contributed by atoms with Crippen molar-refractivity contribution in [2.45, 2.75) is 24.3 Å². The Morgan fingerprint density at radius 3 is 2.42 bits per heavy atom. The number of fused-ring (bicyclic) bond motifs is 1. The van der Waals surface area contributed by atoms with Crippen molar-refractivity contribution in [1.82, 2.24) is 9.29 Å². The van der Waals surface area contributed by atoms with Crippen molar-refractivity contribution < 1.29 is 22.0 Å². The van der Waals surface area contributed by atoms with Gasteiger partial charge in [0.05, 0.1) is 16.8 Å². The number of hydrogen-bond acceptors (Lipinski definition) is 5. The van der Waals surface area contributed by atoms with Gasteiger partial charge in [-0.05, 0) is 48.7 Å². The van der Waals surface area contributed by atoms with Crippen LogP contribution in [-0.2, 0) is 21.4 Å². The molecular formula is C26H23F2N3O3S2. The second kappa shape index (κ2) is 10.0. The van der Waals surface area contributed by atoms with Gasteiger partial charge in [-0.25, -0.2) is 22.2 Å². The van der Waals surface area contributed by atoms with E-state index >= 15 is 0 Å². The Hall–Kier alpha value is -3.21. The van der Waals surface area contributed by atoms with Gasteiger partial charge < -0.3 is 0 Å². The van der Waals surface area contributed by atoms with Crippen LogP contribution in [0.3, 0.4) is 0 Å². The SMILES string of the molecule is O=C(C1CCN(S(=O)(=O)c2cc(F)ccc2F)CC1)N(Cc1ccccc1)c1nc2ccccc2s1. The third-order valence-corrected chi connectivity index (χ3v) is 9.25. The molecule has 1 amide bonds. The Balaban J connectivity index is 1.37. The molecule has 0 N–H and O–H groups in total. The number of halogens is 2. The number of nitrogens with zero attached hydrogens (tertiary/aromatic N) is 3. The number of benzene rings is 3. The van der Waals surface area contributed by atoms with Crippen LogP contribution < -0.4 is 4.90 Å². The molecule has 0 radical (unpaired) electrons. The van der Waals surface area contributed by atoms with Crippen molar-refractivity contribution in [2.75, 3.05) is 18.0 Å². The highest BCUT2D eigenvalue weighted by Crippen LogP contribution is 2.33. The fourth-order valence-electron chi connectivity index (χ4n) is 4.36. The maximum atomic E-state index is 14.2. The molecule has 0 saturated carbocycles. The molecule has 5 rings (SSSR count). The van der Waals surface area contributed by atoms with Gasteiger partial charge in [-0.3, -0.25) is 9.69 Å². The number of para-hydroxylation sites is 1. The Kier molecular flexibility index (Phi) is 6.83. The zero-order valence-electron chi connectivity index (χ0n) is 19.2.